The van der Waals surface area contributed by atoms with E-state index < -0.39 is 43.6 Å². The Labute approximate surface area is 119 Å². The normalized spacial score (nSPS) is 11.9. The summed E-state index contributed by atoms with van der Waals surface area (Å²) < 4.78 is 85.4. The second-order valence-electron chi connectivity index (χ2n) is 3.59. The maximum Gasteiger partial charge on any atom is 0.422 e. The van der Waals surface area contributed by atoms with Crippen LogP contribution in [0, 0.1) is 0 Å². The van der Waals surface area contributed by atoms with Gasteiger partial charge in [-0.3, -0.25) is 0 Å². The fraction of sp³-hybridized carbons (Fsp3) is 0.500. The summed E-state index contributed by atoms with van der Waals surface area (Å²) in [6.07, 6.45) is -8.10. The van der Waals surface area contributed by atoms with Gasteiger partial charge >= 0.3 is 30.4 Å². The summed E-state index contributed by atoms with van der Waals surface area (Å²) in [7, 11) is 0. The molecule has 0 saturated carbocycles. The van der Waals surface area contributed by atoms with Crippen molar-refractivity contribution in [3.05, 3.63) is 12.7 Å². The van der Waals surface area contributed by atoms with Crippen LogP contribution in [0.15, 0.2) is 12.7 Å². The van der Waals surface area contributed by atoms with Crippen molar-refractivity contribution in [2.24, 2.45) is 0 Å². The van der Waals surface area contributed by atoms with Gasteiger partial charge in [0.05, 0.1) is 0 Å². The molecule has 0 amide bonds. The summed E-state index contributed by atoms with van der Waals surface area (Å²) in [6.45, 7) is -0.315. The molecule has 124 valence electrons. The molecule has 1 aromatic rings. The molecule has 0 spiro atoms. The van der Waals surface area contributed by atoms with Crippen molar-refractivity contribution in [2.45, 2.75) is 12.4 Å². The molecule has 0 aliphatic carbocycles. The van der Waals surface area contributed by atoms with Crippen LogP contribution in [-0.2, 0) is 0 Å². The molecule has 22 heavy (non-hydrogen) atoms. The highest BCUT2D eigenvalue weighted by molar-refractivity contribution is 5.09. The Hall–Kier alpha value is -2.27. The highest BCUT2D eigenvalue weighted by Crippen LogP contribution is 2.21. The van der Waals surface area contributed by atoms with Crippen molar-refractivity contribution in [3.63, 3.8) is 0 Å². The topological polar surface area (TPSA) is 66.4 Å². The number of rotatable bonds is 7. The first-order valence-corrected chi connectivity index (χ1v) is 5.48. The lowest BCUT2D eigenvalue weighted by Crippen LogP contribution is -2.22. The molecule has 0 saturated heterocycles. The van der Waals surface area contributed by atoms with Crippen molar-refractivity contribution in [3.8, 4) is 18.0 Å². The summed E-state index contributed by atoms with van der Waals surface area (Å²) in [6, 6.07) is -2.34. The highest BCUT2D eigenvalue weighted by atomic mass is 19.4. The number of ether oxygens (including phenoxy) is 3. The van der Waals surface area contributed by atoms with Crippen molar-refractivity contribution in [1.82, 2.24) is 15.0 Å². The molecule has 12 heteroatoms. The molecule has 0 atom stereocenters. The van der Waals surface area contributed by atoms with Gasteiger partial charge in [-0.2, -0.15) is 26.3 Å². The third-order valence-electron chi connectivity index (χ3n) is 1.63. The summed E-state index contributed by atoms with van der Waals surface area (Å²) >= 11 is 0. The van der Waals surface area contributed by atoms with E-state index in [4.69, 9.17) is 4.74 Å². The molecule has 0 aliphatic rings. The van der Waals surface area contributed by atoms with Crippen molar-refractivity contribution in [2.75, 3.05) is 19.8 Å². The van der Waals surface area contributed by atoms with Crippen LogP contribution in [0.4, 0.5) is 26.3 Å². The molecule has 0 aromatic carbocycles. The molecule has 1 aromatic heterocycles. The van der Waals surface area contributed by atoms with Gasteiger partial charge < -0.3 is 14.2 Å². The van der Waals surface area contributed by atoms with Gasteiger partial charge in [-0.15, -0.1) is 15.0 Å². The molecule has 0 fully saturated rings. The number of alkyl halides is 6. The quantitative estimate of drug-likeness (QED) is 0.564. The Morgan fingerprint density at radius 3 is 1.45 bits per heavy atom. The maximum atomic E-state index is 12.0. The van der Waals surface area contributed by atoms with Gasteiger partial charge in [0.25, 0.3) is 0 Å². The van der Waals surface area contributed by atoms with Crippen LogP contribution in [0.5, 0.6) is 18.0 Å². The lowest BCUT2D eigenvalue weighted by molar-refractivity contribution is -0.156. The van der Waals surface area contributed by atoms with E-state index in [9.17, 15) is 26.3 Å². The molecule has 1 heterocycles. The Kier molecular flexibility index (Phi) is 5.77. The zero-order valence-electron chi connectivity index (χ0n) is 10.7. The number of hydrogen-bond acceptors (Lipinski definition) is 6. The molecule has 0 radical (unpaired) electrons. The summed E-state index contributed by atoms with van der Waals surface area (Å²) in [4.78, 5) is 9.86. The van der Waals surface area contributed by atoms with Crippen LogP contribution in [0.1, 0.15) is 0 Å². The molecule has 0 aliphatic heterocycles. The van der Waals surface area contributed by atoms with Crippen LogP contribution < -0.4 is 14.2 Å². The van der Waals surface area contributed by atoms with E-state index in [0.29, 0.717) is 0 Å². The third-order valence-corrected chi connectivity index (χ3v) is 1.63. The monoisotopic (exact) mass is 333 g/mol. The number of aromatic nitrogens is 3. The number of nitrogens with zero attached hydrogens (tertiary/aromatic N) is 3. The van der Waals surface area contributed by atoms with E-state index >= 15 is 0 Å². The van der Waals surface area contributed by atoms with Gasteiger partial charge in [0.15, 0.2) is 13.2 Å². The summed E-state index contributed by atoms with van der Waals surface area (Å²) in [5.74, 6) is 0. The molecule has 1 rings (SSSR count). The fourth-order valence-electron chi connectivity index (χ4n) is 0.940. The molecule has 0 unspecified atom stereocenters. The Balaban J connectivity index is 2.87. The highest BCUT2D eigenvalue weighted by Gasteiger charge is 2.31. The zero-order chi connectivity index (χ0) is 16.8. The standard InChI is InChI=1S/C10H9F6N3O3/c1-2-3-20-6-17-7(21-4-9(11,12)13)19-8(18-6)22-5-10(14,15)16/h2H,1,3-5H2. The van der Waals surface area contributed by atoms with Crippen LogP contribution in [0.2, 0.25) is 0 Å². The maximum absolute atomic E-state index is 12.0. The van der Waals surface area contributed by atoms with E-state index in [-0.39, 0.29) is 6.61 Å². The zero-order valence-corrected chi connectivity index (χ0v) is 10.7. The lowest BCUT2D eigenvalue weighted by Gasteiger charge is -2.11. The van der Waals surface area contributed by atoms with E-state index in [1.54, 1.807) is 0 Å². The minimum Gasteiger partial charge on any atom is -0.459 e. The van der Waals surface area contributed by atoms with Crippen LogP contribution >= 0.6 is 0 Å². The summed E-state index contributed by atoms with van der Waals surface area (Å²) in [5.41, 5.74) is 0. The van der Waals surface area contributed by atoms with Crippen molar-refractivity contribution in [1.29, 1.82) is 0 Å². The third kappa shape index (κ3) is 7.50. The van der Waals surface area contributed by atoms with Crippen LogP contribution in [0.3, 0.4) is 0 Å². The predicted octanol–water partition coefficient (Wildman–Crippen LogP) is 2.32. The van der Waals surface area contributed by atoms with E-state index in [2.05, 4.69) is 31.0 Å². The predicted molar refractivity (Wildman–Crippen MR) is 58.6 cm³/mol. The van der Waals surface area contributed by atoms with Crippen LogP contribution in [-0.4, -0.2) is 47.1 Å². The van der Waals surface area contributed by atoms with E-state index in [1.165, 1.54) is 6.08 Å². The second kappa shape index (κ2) is 7.13. The first-order valence-electron chi connectivity index (χ1n) is 5.48. The Morgan fingerprint density at radius 1 is 0.773 bits per heavy atom. The van der Waals surface area contributed by atoms with Gasteiger partial charge in [-0.1, -0.05) is 12.7 Å². The second-order valence-corrected chi connectivity index (χ2v) is 3.59. The fourth-order valence-corrected chi connectivity index (χ4v) is 0.940. The molecule has 0 N–H and O–H groups in total. The van der Waals surface area contributed by atoms with Crippen molar-refractivity contribution < 1.29 is 40.6 Å². The first kappa shape index (κ1) is 17.8. The van der Waals surface area contributed by atoms with Gasteiger partial charge in [0.2, 0.25) is 0 Å². The van der Waals surface area contributed by atoms with Gasteiger partial charge in [0.1, 0.15) is 6.61 Å². The van der Waals surface area contributed by atoms with E-state index in [0.717, 1.165) is 0 Å². The average Bonchev–Trinajstić information content (AvgIpc) is 2.39. The molecular weight excluding hydrogens is 324 g/mol. The molecule has 6 nitrogen and oxygen atoms in total. The Morgan fingerprint density at radius 2 is 1.14 bits per heavy atom. The molecule has 0 bridgehead atoms. The number of halogens is 6. The van der Waals surface area contributed by atoms with Crippen LogP contribution in [0.25, 0.3) is 0 Å². The van der Waals surface area contributed by atoms with E-state index in [1.807, 2.05) is 0 Å². The minimum atomic E-state index is -4.68. The SMILES string of the molecule is C=CCOc1nc(OCC(F)(F)F)nc(OCC(F)(F)F)n1. The lowest BCUT2D eigenvalue weighted by atomic mass is 10.7. The van der Waals surface area contributed by atoms with Gasteiger partial charge in [0, 0.05) is 0 Å². The summed E-state index contributed by atoms with van der Waals surface area (Å²) in [5, 5.41) is 0. The average molecular weight is 333 g/mol. The smallest absolute Gasteiger partial charge is 0.422 e. The number of hydrogen-bond donors (Lipinski definition) is 0. The van der Waals surface area contributed by atoms with Gasteiger partial charge in [-0.25, -0.2) is 0 Å². The van der Waals surface area contributed by atoms with Crippen molar-refractivity contribution >= 4 is 0 Å². The minimum absolute atomic E-state index is 0.137. The molecular formula is C10H9F6N3O3. The largest absolute Gasteiger partial charge is 0.459 e. The first-order chi connectivity index (χ1) is 10.1. The van der Waals surface area contributed by atoms with Gasteiger partial charge in [-0.05, 0) is 0 Å². The Bertz CT molecular complexity index is 469.